The fraction of sp³-hybridized carbons (Fsp3) is 0.250. The van der Waals surface area contributed by atoms with E-state index in [9.17, 15) is 4.79 Å². The Bertz CT molecular complexity index is 986. The second-order valence-corrected chi connectivity index (χ2v) is 6.87. The number of fused-ring (bicyclic) bond motifs is 2. The van der Waals surface area contributed by atoms with Crippen LogP contribution in [0.5, 0.6) is 11.5 Å². The smallest absolute Gasteiger partial charge is 0.346 e. The van der Waals surface area contributed by atoms with Crippen LogP contribution in [0.25, 0.3) is 6.08 Å². The van der Waals surface area contributed by atoms with Crippen LogP contribution in [0.4, 0.5) is 11.4 Å². The first-order valence-electron chi connectivity index (χ1n) is 9.84. The summed E-state index contributed by atoms with van der Waals surface area (Å²) < 4.78 is 6.13. The molecule has 0 spiro atoms. The fourth-order valence-corrected chi connectivity index (χ4v) is 3.30. The van der Waals surface area contributed by atoms with Crippen molar-refractivity contribution < 1.29 is 14.6 Å². The number of carbonyl (C=O) groups is 1. The van der Waals surface area contributed by atoms with Crippen LogP contribution in [0.15, 0.2) is 60.2 Å². The zero-order chi connectivity index (χ0) is 20.6. The molecule has 0 aromatic heterocycles. The highest BCUT2D eigenvalue weighted by Gasteiger charge is 2.23. The number of allylic oxidation sites excluding steroid dienone is 2. The Hall–Kier alpha value is -3.52. The molecule has 0 saturated heterocycles. The molecule has 148 valence electrons. The summed E-state index contributed by atoms with van der Waals surface area (Å²) >= 11 is 0. The molecule has 0 radical (unpaired) electrons. The van der Waals surface area contributed by atoms with Gasteiger partial charge in [-0.3, -0.25) is 0 Å². The maximum absolute atomic E-state index is 10.9. The number of para-hydroxylation sites is 2. The highest BCUT2D eigenvalue weighted by atomic mass is 16.5. The molecular formula is C24H24N2O3. The minimum absolute atomic E-state index is 0.303. The average Bonchev–Trinajstić information content (AvgIpc) is 2.73. The monoisotopic (exact) mass is 388 g/mol. The Morgan fingerprint density at radius 2 is 1.93 bits per heavy atom. The number of nitriles is 1. The largest absolute Gasteiger partial charge is 0.477 e. The third kappa shape index (κ3) is 4.85. The molecule has 0 unspecified atom stereocenters. The number of anilines is 2. The van der Waals surface area contributed by atoms with E-state index in [1.807, 2.05) is 36.4 Å². The molecule has 5 heteroatoms. The fourth-order valence-electron chi connectivity index (χ4n) is 3.30. The third-order valence-corrected chi connectivity index (χ3v) is 4.79. The summed E-state index contributed by atoms with van der Waals surface area (Å²) in [6.07, 6.45) is 9.36. The van der Waals surface area contributed by atoms with Crippen molar-refractivity contribution >= 4 is 23.4 Å². The Labute approximate surface area is 171 Å². The van der Waals surface area contributed by atoms with Gasteiger partial charge in [0.1, 0.15) is 11.6 Å². The molecule has 29 heavy (non-hydrogen) atoms. The number of unbranched alkanes of at least 4 members (excludes halogenated alkanes) is 3. The van der Waals surface area contributed by atoms with E-state index in [0.717, 1.165) is 41.4 Å². The molecule has 3 rings (SSSR count). The van der Waals surface area contributed by atoms with Crippen molar-refractivity contribution in [2.75, 3.05) is 11.4 Å². The van der Waals surface area contributed by atoms with E-state index in [1.54, 1.807) is 18.2 Å². The molecule has 1 aliphatic heterocycles. The second kappa shape index (κ2) is 9.61. The molecule has 2 aromatic carbocycles. The van der Waals surface area contributed by atoms with Crippen molar-refractivity contribution in [1.82, 2.24) is 0 Å². The quantitative estimate of drug-likeness (QED) is 0.258. The third-order valence-electron chi connectivity index (χ3n) is 4.79. The van der Waals surface area contributed by atoms with Crippen LogP contribution in [0.1, 0.15) is 38.2 Å². The lowest BCUT2D eigenvalue weighted by molar-refractivity contribution is -0.132. The molecule has 0 saturated carbocycles. The molecule has 0 bridgehead atoms. The Morgan fingerprint density at radius 1 is 1.14 bits per heavy atom. The predicted molar refractivity (Wildman–Crippen MR) is 114 cm³/mol. The second-order valence-electron chi connectivity index (χ2n) is 6.87. The maximum Gasteiger partial charge on any atom is 0.346 e. The van der Waals surface area contributed by atoms with Crippen LogP contribution >= 0.6 is 0 Å². The highest BCUT2D eigenvalue weighted by Crippen LogP contribution is 2.46. The summed E-state index contributed by atoms with van der Waals surface area (Å²) in [5, 5.41) is 17.7. The normalized spacial score (nSPS) is 12.8. The summed E-state index contributed by atoms with van der Waals surface area (Å²) in [5.74, 6) is 0.361. The average molecular weight is 388 g/mol. The number of hydrogen-bond acceptors (Lipinski definition) is 4. The molecule has 0 aliphatic carbocycles. The number of rotatable bonds is 8. The predicted octanol–water partition coefficient (Wildman–Crippen LogP) is 6.06. The van der Waals surface area contributed by atoms with E-state index in [2.05, 4.69) is 17.9 Å². The van der Waals surface area contributed by atoms with Gasteiger partial charge in [-0.25, -0.2) is 4.79 Å². The Kier molecular flexibility index (Phi) is 6.70. The van der Waals surface area contributed by atoms with Gasteiger partial charge in [0.2, 0.25) is 0 Å². The number of carboxylic acids is 1. The molecule has 1 heterocycles. The van der Waals surface area contributed by atoms with Crippen LogP contribution in [-0.4, -0.2) is 17.6 Å². The van der Waals surface area contributed by atoms with E-state index in [0.29, 0.717) is 0 Å². The lowest BCUT2D eigenvalue weighted by Crippen LogP contribution is -2.22. The minimum Gasteiger partial charge on any atom is -0.477 e. The minimum atomic E-state index is -1.23. The number of ether oxygens (including phenoxy) is 1. The van der Waals surface area contributed by atoms with Crippen LogP contribution in [-0.2, 0) is 4.79 Å². The molecule has 1 N–H and O–H groups in total. The molecule has 2 aromatic rings. The Morgan fingerprint density at radius 3 is 2.69 bits per heavy atom. The maximum atomic E-state index is 10.9. The first-order valence-corrected chi connectivity index (χ1v) is 9.84. The van der Waals surface area contributed by atoms with Crippen molar-refractivity contribution in [2.24, 2.45) is 0 Å². The van der Waals surface area contributed by atoms with Crippen molar-refractivity contribution in [3.05, 3.63) is 65.8 Å². The number of carboxylic acid groups (broad SMARTS) is 1. The number of hydrogen-bond donors (Lipinski definition) is 1. The first kappa shape index (κ1) is 20.2. The van der Waals surface area contributed by atoms with E-state index in [1.165, 1.54) is 25.3 Å². The van der Waals surface area contributed by atoms with Gasteiger partial charge in [-0.2, -0.15) is 5.26 Å². The van der Waals surface area contributed by atoms with Gasteiger partial charge in [0.15, 0.2) is 11.5 Å². The van der Waals surface area contributed by atoms with Crippen molar-refractivity contribution in [2.45, 2.75) is 32.6 Å². The topological polar surface area (TPSA) is 73.6 Å². The lowest BCUT2D eigenvalue weighted by Gasteiger charge is -2.33. The van der Waals surface area contributed by atoms with E-state index < -0.39 is 5.97 Å². The molecule has 5 nitrogen and oxygen atoms in total. The summed E-state index contributed by atoms with van der Waals surface area (Å²) in [6.45, 7) is 3.13. The van der Waals surface area contributed by atoms with Crippen LogP contribution < -0.4 is 9.64 Å². The van der Waals surface area contributed by atoms with Gasteiger partial charge in [-0.15, -0.1) is 0 Å². The molecule has 0 fully saturated rings. The van der Waals surface area contributed by atoms with Crippen molar-refractivity contribution in [3.8, 4) is 17.6 Å². The molecule has 1 aliphatic rings. The number of aliphatic carboxylic acids is 1. The van der Waals surface area contributed by atoms with Gasteiger partial charge >= 0.3 is 5.97 Å². The van der Waals surface area contributed by atoms with Crippen LogP contribution in [0.2, 0.25) is 0 Å². The van der Waals surface area contributed by atoms with Gasteiger partial charge in [-0.05, 0) is 42.3 Å². The van der Waals surface area contributed by atoms with Crippen molar-refractivity contribution in [3.63, 3.8) is 0 Å². The summed E-state index contributed by atoms with van der Waals surface area (Å²) in [7, 11) is 0. The zero-order valence-electron chi connectivity index (χ0n) is 16.5. The van der Waals surface area contributed by atoms with Gasteiger partial charge in [-0.1, -0.05) is 56.5 Å². The molecule has 0 amide bonds. The summed E-state index contributed by atoms with van der Waals surface area (Å²) in [5.41, 5.74) is 2.66. The van der Waals surface area contributed by atoms with Gasteiger partial charge in [0.05, 0.1) is 11.4 Å². The van der Waals surface area contributed by atoms with Gasteiger partial charge in [0.25, 0.3) is 0 Å². The van der Waals surface area contributed by atoms with E-state index in [-0.39, 0.29) is 5.57 Å². The first-order chi connectivity index (χ1) is 14.1. The Balaban J connectivity index is 1.86. The van der Waals surface area contributed by atoms with E-state index in [4.69, 9.17) is 15.1 Å². The zero-order valence-corrected chi connectivity index (χ0v) is 16.5. The highest BCUT2D eigenvalue weighted by molar-refractivity contribution is 5.91. The number of benzene rings is 2. The molecular weight excluding hydrogens is 364 g/mol. The standard InChI is InChI=1S/C24H24N2O3/c1-2-3-4-7-15-26-20-11-5-6-12-22(20)29-23-16-18(13-14-21(23)26)9-8-10-19(17-25)24(27)28/h5-6,8-14,16H,2-4,7,15H2,1H3,(H,27,28)/b9-8+,19-10+. The SMILES string of the molecule is CCCCCCN1c2ccccc2Oc2cc(/C=C/C=C(\C#N)C(=O)O)ccc21. The summed E-state index contributed by atoms with van der Waals surface area (Å²) in [4.78, 5) is 13.2. The summed E-state index contributed by atoms with van der Waals surface area (Å²) in [6, 6.07) is 15.6. The van der Waals surface area contributed by atoms with Crippen LogP contribution in [0, 0.1) is 11.3 Å². The lowest BCUT2D eigenvalue weighted by atomic mass is 10.1. The van der Waals surface area contributed by atoms with Crippen molar-refractivity contribution in [1.29, 1.82) is 5.26 Å². The molecule has 0 atom stereocenters. The number of nitrogens with zero attached hydrogens (tertiary/aromatic N) is 2. The van der Waals surface area contributed by atoms with E-state index >= 15 is 0 Å². The van der Waals surface area contributed by atoms with Crippen LogP contribution in [0.3, 0.4) is 0 Å². The van der Waals surface area contributed by atoms with Gasteiger partial charge in [0, 0.05) is 6.54 Å². The van der Waals surface area contributed by atoms with Gasteiger partial charge < -0.3 is 14.7 Å².